The van der Waals surface area contributed by atoms with Gasteiger partial charge in [-0.3, -0.25) is 19.2 Å². The van der Waals surface area contributed by atoms with Crippen molar-refractivity contribution in [2.75, 3.05) is 13.1 Å². The van der Waals surface area contributed by atoms with Gasteiger partial charge in [-0.05, 0) is 56.8 Å². The van der Waals surface area contributed by atoms with Crippen molar-refractivity contribution >= 4 is 35.5 Å². The molecule has 0 radical (unpaired) electrons. The van der Waals surface area contributed by atoms with Crippen LogP contribution in [0.5, 0.6) is 0 Å². The third-order valence-corrected chi connectivity index (χ3v) is 7.84. The molecule has 0 spiro atoms. The van der Waals surface area contributed by atoms with Crippen molar-refractivity contribution in [2.45, 2.75) is 124 Å². The average Bonchev–Trinajstić information content (AvgIpc) is 3.38. The normalized spacial score (nSPS) is 18.9. The summed E-state index contributed by atoms with van der Waals surface area (Å²) in [5.74, 6) is -5.61. The molecule has 0 aromatic heterocycles. The first-order valence-electron chi connectivity index (χ1n) is 16.2. The molecule has 1 rings (SSSR count). The highest BCUT2D eigenvalue weighted by atomic mass is 19.4. The van der Waals surface area contributed by atoms with E-state index in [1.165, 1.54) is 11.0 Å². The van der Waals surface area contributed by atoms with Crippen LogP contribution in [0.2, 0.25) is 0 Å². The van der Waals surface area contributed by atoms with Crippen LogP contribution >= 0.6 is 0 Å². The van der Waals surface area contributed by atoms with Gasteiger partial charge in [0.25, 0.3) is 5.91 Å². The Morgan fingerprint density at radius 1 is 0.938 bits per heavy atom. The minimum absolute atomic E-state index is 0.0865. The number of esters is 1. The number of ether oxygens (including phenoxy) is 1. The van der Waals surface area contributed by atoms with Crippen molar-refractivity contribution < 1.29 is 46.7 Å². The predicted molar refractivity (Wildman–Crippen MR) is 173 cm³/mol. The fourth-order valence-corrected chi connectivity index (χ4v) is 5.33. The van der Waals surface area contributed by atoms with E-state index < -0.39 is 95.6 Å². The molecule has 1 aliphatic rings. The molecule has 1 fully saturated rings. The van der Waals surface area contributed by atoms with Crippen LogP contribution in [0.15, 0.2) is 12.7 Å². The number of urea groups is 1. The topological polar surface area (TPSA) is 163 Å². The van der Waals surface area contributed by atoms with Crippen molar-refractivity contribution in [1.82, 2.24) is 26.2 Å². The summed E-state index contributed by atoms with van der Waals surface area (Å²) in [6, 6.07) is -6.09. The third-order valence-electron chi connectivity index (χ3n) is 7.84. The second-order valence-corrected chi connectivity index (χ2v) is 14.9. The highest BCUT2D eigenvalue weighted by molar-refractivity contribution is 6.38. The SMILES string of the molecule is C=CCNC(=O)C(=O)C(CCC(F)(F)F)NC(=O)[C@@H]1[C@@H](C(C)C)CCN1C(=O)[C@@H](NC(=O)N[C@H](C(=O)OC(C)(C)C)C(C)C)C(C)(C)C. The summed E-state index contributed by atoms with van der Waals surface area (Å²) in [5, 5.41) is 9.78. The number of hydrogen-bond donors (Lipinski definition) is 4. The van der Waals surface area contributed by atoms with Crippen LogP contribution in [-0.2, 0) is 28.7 Å². The number of hydrogen-bond acceptors (Lipinski definition) is 7. The Kier molecular flexibility index (Phi) is 15.1. The largest absolute Gasteiger partial charge is 0.458 e. The first-order valence-corrected chi connectivity index (χ1v) is 16.2. The van der Waals surface area contributed by atoms with E-state index in [1.54, 1.807) is 55.4 Å². The van der Waals surface area contributed by atoms with E-state index in [1.807, 2.05) is 13.8 Å². The Hall–Kier alpha value is -3.65. The van der Waals surface area contributed by atoms with E-state index in [2.05, 4.69) is 27.8 Å². The molecule has 5 atom stereocenters. The number of alkyl halides is 3. The van der Waals surface area contributed by atoms with E-state index in [4.69, 9.17) is 4.74 Å². The second kappa shape index (κ2) is 17.1. The molecular weight excluding hydrogens is 635 g/mol. The molecule has 1 unspecified atom stereocenters. The summed E-state index contributed by atoms with van der Waals surface area (Å²) in [5.41, 5.74) is -1.71. The van der Waals surface area contributed by atoms with Gasteiger partial charge >= 0.3 is 18.2 Å². The number of rotatable bonds is 14. The van der Waals surface area contributed by atoms with Gasteiger partial charge in [-0.2, -0.15) is 13.2 Å². The second-order valence-electron chi connectivity index (χ2n) is 14.9. The van der Waals surface area contributed by atoms with Crippen LogP contribution in [0.25, 0.3) is 0 Å². The maximum Gasteiger partial charge on any atom is 0.389 e. The lowest BCUT2D eigenvalue weighted by atomic mass is 9.84. The number of amides is 5. The lowest BCUT2D eigenvalue weighted by Gasteiger charge is -2.37. The highest BCUT2D eigenvalue weighted by Gasteiger charge is 2.48. The molecule has 0 saturated carbocycles. The number of likely N-dealkylation sites (tertiary alicyclic amines) is 1. The Morgan fingerprint density at radius 3 is 1.98 bits per heavy atom. The molecule has 48 heavy (non-hydrogen) atoms. The quantitative estimate of drug-likeness (QED) is 0.123. The number of carbonyl (C=O) groups is 6. The van der Waals surface area contributed by atoms with Crippen LogP contribution in [0, 0.1) is 23.2 Å². The molecule has 0 aromatic rings. The Balaban J connectivity index is 3.39. The maximum absolute atomic E-state index is 14.2. The van der Waals surface area contributed by atoms with Gasteiger partial charge in [0.2, 0.25) is 17.6 Å². The monoisotopic (exact) mass is 689 g/mol. The molecule has 0 aliphatic carbocycles. The van der Waals surface area contributed by atoms with E-state index in [0.29, 0.717) is 6.42 Å². The standard InChI is InChI=1S/C33H54F3N5O7/c1-12-16-37-27(44)24(42)21(13-15-33(34,35)36)38-26(43)23-20(18(2)3)14-17-41(23)28(45)25(31(6,7)8)40-30(47)39-22(19(4)5)29(46)48-32(9,10)11/h12,18-23,25H,1,13-17H2,2-11H3,(H,37,44)(H,38,43)(H2,39,40,47)/t20-,21?,22+,23+,25-/m1/s1. The summed E-state index contributed by atoms with van der Waals surface area (Å²) in [4.78, 5) is 80.6. The summed E-state index contributed by atoms with van der Waals surface area (Å²) < 4.78 is 44.9. The number of Topliss-reactive ketones (excluding diaryl/α,β-unsaturated/α-hetero) is 1. The summed E-state index contributed by atoms with van der Waals surface area (Å²) in [6.07, 6.45) is -5.35. The number of nitrogens with one attached hydrogen (secondary N) is 4. The van der Waals surface area contributed by atoms with Crippen molar-refractivity contribution in [3.63, 3.8) is 0 Å². The van der Waals surface area contributed by atoms with Gasteiger partial charge in [-0.25, -0.2) is 9.59 Å². The van der Waals surface area contributed by atoms with E-state index in [0.717, 1.165) is 0 Å². The number of ketones is 1. The van der Waals surface area contributed by atoms with E-state index in [-0.39, 0.29) is 24.9 Å². The Bertz CT molecular complexity index is 1190. The average molecular weight is 690 g/mol. The number of halogens is 3. The number of carbonyl (C=O) groups excluding carboxylic acids is 6. The molecule has 274 valence electrons. The molecule has 0 aromatic carbocycles. The van der Waals surface area contributed by atoms with Crippen LogP contribution in [0.3, 0.4) is 0 Å². The van der Waals surface area contributed by atoms with Gasteiger partial charge in [0.15, 0.2) is 0 Å². The van der Waals surface area contributed by atoms with E-state index in [9.17, 15) is 41.9 Å². The molecule has 4 N–H and O–H groups in total. The zero-order chi connectivity index (χ0) is 37.4. The maximum atomic E-state index is 14.2. The lowest BCUT2D eigenvalue weighted by molar-refractivity contribution is -0.158. The van der Waals surface area contributed by atoms with Gasteiger partial charge in [0, 0.05) is 19.5 Å². The minimum Gasteiger partial charge on any atom is -0.458 e. The minimum atomic E-state index is -4.67. The fourth-order valence-electron chi connectivity index (χ4n) is 5.33. The zero-order valence-corrected chi connectivity index (χ0v) is 29.8. The lowest BCUT2D eigenvalue weighted by Crippen LogP contribution is -2.62. The van der Waals surface area contributed by atoms with Crippen molar-refractivity contribution in [2.24, 2.45) is 23.2 Å². The van der Waals surface area contributed by atoms with Gasteiger partial charge in [-0.15, -0.1) is 6.58 Å². The molecule has 5 amide bonds. The van der Waals surface area contributed by atoms with Crippen LogP contribution in [0.1, 0.15) is 88.5 Å². The van der Waals surface area contributed by atoms with Crippen LogP contribution in [-0.4, -0.2) is 89.4 Å². The van der Waals surface area contributed by atoms with Gasteiger partial charge < -0.3 is 30.9 Å². The molecule has 1 aliphatic heterocycles. The summed E-state index contributed by atoms with van der Waals surface area (Å²) in [7, 11) is 0. The smallest absolute Gasteiger partial charge is 0.389 e. The zero-order valence-electron chi connectivity index (χ0n) is 29.8. The van der Waals surface area contributed by atoms with Crippen molar-refractivity contribution in [1.29, 1.82) is 0 Å². The van der Waals surface area contributed by atoms with Crippen molar-refractivity contribution in [3.05, 3.63) is 12.7 Å². The molecule has 0 bridgehead atoms. The fraction of sp³-hybridized carbons (Fsp3) is 0.758. The Morgan fingerprint density at radius 2 is 1.52 bits per heavy atom. The first-order chi connectivity index (χ1) is 21.8. The molecule has 1 heterocycles. The molecule has 12 nitrogen and oxygen atoms in total. The highest BCUT2D eigenvalue weighted by Crippen LogP contribution is 2.34. The van der Waals surface area contributed by atoms with E-state index >= 15 is 0 Å². The van der Waals surface area contributed by atoms with Crippen LogP contribution < -0.4 is 21.3 Å². The number of nitrogens with zero attached hydrogens (tertiary/aromatic N) is 1. The third kappa shape index (κ3) is 13.1. The first kappa shape index (κ1) is 42.4. The van der Waals surface area contributed by atoms with Gasteiger partial charge in [0.05, 0.1) is 6.04 Å². The predicted octanol–water partition coefficient (Wildman–Crippen LogP) is 3.64. The summed E-state index contributed by atoms with van der Waals surface area (Å²) in [6.45, 7) is 20.6. The van der Waals surface area contributed by atoms with Crippen LogP contribution in [0.4, 0.5) is 18.0 Å². The Labute approximate surface area is 281 Å². The molecule has 1 saturated heterocycles. The molecule has 15 heteroatoms. The van der Waals surface area contributed by atoms with Crippen molar-refractivity contribution in [3.8, 4) is 0 Å². The summed E-state index contributed by atoms with van der Waals surface area (Å²) >= 11 is 0. The van der Waals surface area contributed by atoms with Gasteiger partial charge in [0.1, 0.15) is 23.7 Å². The molecular formula is C33H54F3N5O7. The van der Waals surface area contributed by atoms with Gasteiger partial charge in [-0.1, -0.05) is 54.5 Å².